The van der Waals surface area contributed by atoms with Gasteiger partial charge < -0.3 is 14.2 Å². The number of esters is 2. The molecule has 0 N–H and O–H groups in total. The third kappa shape index (κ3) is 7.94. The van der Waals surface area contributed by atoms with Gasteiger partial charge >= 0.3 is 11.9 Å². The summed E-state index contributed by atoms with van der Waals surface area (Å²) in [5.41, 5.74) is 2.15. The molecule has 0 saturated heterocycles. The minimum Gasteiger partial charge on any atom is -0.457 e. The van der Waals surface area contributed by atoms with Gasteiger partial charge in [0, 0.05) is 12.2 Å². The van der Waals surface area contributed by atoms with Crippen molar-refractivity contribution >= 4 is 18.0 Å². The van der Waals surface area contributed by atoms with Crippen LogP contribution in [-0.4, -0.2) is 18.7 Å². The maximum atomic E-state index is 12.2. The molecule has 2 aromatic rings. The first kappa shape index (κ1) is 24.3. The molecule has 0 unspecified atom stereocenters. The Morgan fingerprint density at radius 3 is 2.24 bits per heavy atom. The molecule has 5 nitrogen and oxygen atoms in total. The lowest BCUT2D eigenvalue weighted by atomic mass is 9.77. The topological polar surface area (TPSA) is 61.8 Å². The lowest BCUT2D eigenvalue weighted by molar-refractivity contribution is -0.144. The van der Waals surface area contributed by atoms with Gasteiger partial charge in [-0.1, -0.05) is 50.6 Å². The minimum atomic E-state index is -0.544. The van der Waals surface area contributed by atoms with Gasteiger partial charge in [0.05, 0.1) is 0 Å². The highest BCUT2D eigenvalue weighted by atomic mass is 16.7. The van der Waals surface area contributed by atoms with E-state index in [4.69, 9.17) is 14.2 Å². The van der Waals surface area contributed by atoms with Crippen LogP contribution in [-0.2, 0) is 14.3 Å². The van der Waals surface area contributed by atoms with E-state index in [-0.39, 0.29) is 6.79 Å². The Bertz CT molecular complexity index is 935. The molecule has 0 spiro atoms. The molecular formula is C28H32O5. The van der Waals surface area contributed by atoms with Crippen molar-refractivity contribution in [2.24, 2.45) is 5.92 Å². The smallest absolute Gasteiger partial charge is 0.336 e. The highest BCUT2D eigenvalue weighted by Gasteiger charge is 2.21. The fraction of sp³-hybridized carbons (Fsp3) is 0.357. The van der Waals surface area contributed by atoms with E-state index in [2.05, 4.69) is 25.6 Å². The second-order valence-electron chi connectivity index (χ2n) is 8.33. The molecule has 0 aliphatic heterocycles. The van der Waals surface area contributed by atoms with Crippen LogP contribution in [0.1, 0.15) is 62.5 Å². The van der Waals surface area contributed by atoms with Gasteiger partial charge in [0.1, 0.15) is 11.5 Å². The Morgan fingerprint density at radius 2 is 1.61 bits per heavy atom. The summed E-state index contributed by atoms with van der Waals surface area (Å²) in [7, 11) is 0. The second-order valence-corrected chi connectivity index (χ2v) is 8.33. The zero-order valence-electron chi connectivity index (χ0n) is 19.2. The van der Waals surface area contributed by atoms with E-state index < -0.39 is 11.9 Å². The van der Waals surface area contributed by atoms with Crippen molar-refractivity contribution in [2.75, 3.05) is 6.79 Å². The summed E-state index contributed by atoms with van der Waals surface area (Å²) in [5.74, 6) is 1.63. The lowest BCUT2D eigenvalue weighted by Crippen LogP contribution is -2.13. The molecule has 1 aliphatic carbocycles. The molecule has 33 heavy (non-hydrogen) atoms. The average Bonchev–Trinajstić information content (AvgIpc) is 2.84. The number of hydrogen-bond acceptors (Lipinski definition) is 5. The molecule has 0 heterocycles. The summed E-state index contributed by atoms with van der Waals surface area (Å²) >= 11 is 0. The number of rotatable bonds is 10. The molecule has 0 radical (unpaired) electrons. The predicted octanol–water partition coefficient (Wildman–Crippen LogP) is 6.44. The zero-order valence-corrected chi connectivity index (χ0v) is 19.2. The van der Waals surface area contributed by atoms with Gasteiger partial charge in [-0.3, -0.25) is 0 Å². The molecule has 5 heteroatoms. The molecule has 0 amide bonds. The van der Waals surface area contributed by atoms with Crippen molar-refractivity contribution in [3.05, 3.63) is 78.4 Å². The van der Waals surface area contributed by atoms with Crippen molar-refractivity contribution in [2.45, 2.75) is 51.4 Å². The summed E-state index contributed by atoms with van der Waals surface area (Å²) in [4.78, 5) is 23.2. The summed E-state index contributed by atoms with van der Waals surface area (Å²) < 4.78 is 15.5. The first-order valence-corrected chi connectivity index (χ1v) is 11.6. The zero-order chi connectivity index (χ0) is 23.5. The normalized spacial score (nSPS) is 18.0. The minimum absolute atomic E-state index is 0.189. The van der Waals surface area contributed by atoms with E-state index in [1.165, 1.54) is 50.2 Å². The van der Waals surface area contributed by atoms with Crippen LogP contribution < -0.4 is 9.47 Å². The Hall–Kier alpha value is -3.34. The Balaban J connectivity index is 1.44. The maximum absolute atomic E-state index is 12.2. The number of hydrogen-bond donors (Lipinski definition) is 0. The van der Waals surface area contributed by atoms with Crippen LogP contribution in [0.4, 0.5) is 0 Å². The Kier molecular flexibility index (Phi) is 9.31. The number of ether oxygens (including phenoxy) is 3. The van der Waals surface area contributed by atoms with Gasteiger partial charge in [-0.15, -0.1) is 0 Å². The summed E-state index contributed by atoms with van der Waals surface area (Å²) in [5, 5.41) is 0. The molecule has 174 valence electrons. The van der Waals surface area contributed by atoms with Gasteiger partial charge in [0.25, 0.3) is 0 Å². The van der Waals surface area contributed by atoms with Crippen LogP contribution in [0.3, 0.4) is 0 Å². The molecule has 2 aromatic carbocycles. The van der Waals surface area contributed by atoms with E-state index in [0.717, 1.165) is 17.6 Å². The summed E-state index contributed by atoms with van der Waals surface area (Å²) in [6.07, 6.45) is 11.9. The monoisotopic (exact) mass is 448 g/mol. The van der Waals surface area contributed by atoms with Crippen LogP contribution in [0.2, 0.25) is 0 Å². The van der Waals surface area contributed by atoms with E-state index in [9.17, 15) is 9.59 Å². The Labute approximate surface area is 196 Å². The van der Waals surface area contributed by atoms with E-state index >= 15 is 0 Å². The van der Waals surface area contributed by atoms with Crippen molar-refractivity contribution < 1.29 is 23.8 Å². The second kappa shape index (κ2) is 12.6. The van der Waals surface area contributed by atoms with Gasteiger partial charge in [0.15, 0.2) is 0 Å². The van der Waals surface area contributed by atoms with Crippen LogP contribution in [0, 0.1) is 5.92 Å². The van der Waals surface area contributed by atoms with Crippen molar-refractivity contribution in [3.63, 3.8) is 0 Å². The van der Waals surface area contributed by atoms with Crippen molar-refractivity contribution in [3.8, 4) is 11.5 Å². The van der Waals surface area contributed by atoms with Crippen LogP contribution >= 0.6 is 0 Å². The highest BCUT2D eigenvalue weighted by molar-refractivity contribution is 5.88. The van der Waals surface area contributed by atoms with Crippen LogP contribution in [0.15, 0.2) is 67.3 Å². The summed E-state index contributed by atoms with van der Waals surface area (Å²) in [6, 6.07) is 15.0. The van der Waals surface area contributed by atoms with Gasteiger partial charge in [0.2, 0.25) is 6.79 Å². The quantitative estimate of drug-likeness (QED) is 0.181. The van der Waals surface area contributed by atoms with Gasteiger partial charge in [-0.2, -0.15) is 0 Å². The third-order valence-electron chi connectivity index (χ3n) is 6.00. The lowest BCUT2D eigenvalue weighted by Gasteiger charge is -2.28. The number of carbonyl (C=O) groups excluding carboxylic acids is 2. The molecule has 0 aromatic heterocycles. The number of carbonyl (C=O) groups is 2. The average molecular weight is 449 g/mol. The van der Waals surface area contributed by atoms with E-state index in [0.29, 0.717) is 17.4 Å². The third-order valence-corrected chi connectivity index (χ3v) is 6.00. The molecule has 0 atom stereocenters. The van der Waals surface area contributed by atoms with Crippen LogP contribution in [0.25, 0.3) is 6.08 Å². The van der Waals surface area contributed by atoms with Crippen molar-refractivity contribution in [1.29, 1.82) is 0 Å². The number of benzene rings is 2. The summed E-state index contributed by atoms with van der Waals surface area (Å²) in [6.45, 7) is 5.39. The molecular weight excluding hydrogens is 416 g/mol. The predicted molar refractivity (Wildman–Crippen MR) is 129 cm³/mol. The largest absolute Gasteiger partial charge is 0.457 e. The maximum Gasteiger partial charge on any atom is 0.336 e. The molecule has 1 fully saturated rings. The first-order chi connectivity index (χ1) is 16.1. The standard InChI is InChI=1S/C28H32O5/c1-3-5-21-6-11-23(12-7-21)24-13-17-26(18-14-24)33-28(30)19-10-22-8-15-25(16-9-22)31-20-32-27(29)4-2/h4,8-10,13-19,21,23H,2-3,5-7,11-12,20H2,1H3. The Morgan fingerprint density at radius 1 is 0.939 bits per heavy atom. The van der Waals surface area contributed by atoms with E-state index in [1.807, 2.05) is 12.1 Å². The fourth-order valence-corrected chi connectivity index (χ4v) is 4.20. The van der Waals surface area contributed by atoms with Gasteiger partial charge in [-0.05, 0) is 79.0 Å². The first-order valence-electron chi connectivity index (χ1n) is 11.6. The molecule has 3 rings (SSSR count). The SMILES string of the molecule is C=CC(=O)OCOc1ccc(C=CC(=O)Oc2ccc(C3CCC(CCC)CC3)cc2)cc1. The van der Waals surface area contributed by atoms with Gasteiger partial charge in [-0.25, -0.2) is 9.59 Å². The highest BCUT2D eigenvalue weighted by Crippen LogP contribution is 2.37. The van der Waals surface area contributed by atoms with E-state index in [1.54, 1.807) is 30.3 Å². The van der Waals surface area contributed by atoms with Crippen LogP contribution in [0.5, 0.6) is 11.5 Å². The molecule has 1 saturated carbocycles. The molecule has 1 aliphatic rings. The van der Waals surface area contributed by atoms with Crippen molar-refractivity contribution in [1.82, 2.24) is 0 Å². The molecule has 0 bridgehead atoms. The fourth-order valence-electron chi connectivity index (χ4n) is 4.20.